The molecule has 1 fully saturated rings. The number of aliphatic carboxylic acids is 1. The van der Waals surface area contributed by atoms with Crippen LogP contribution in [0.2, 0.25) is 0 Å². The number of nitrogens with zero attached hydrogens (tertiary/aromatic N) is 1. The van der Waals surface area contributed by atoms with E-state index in [1.54, 1.807) is 0 Å². The molecule has 21 heavy (non-hydrogen) atoms. The molecule has 1 aliphatic heterocycles. The molecule has 2 amide bonds. The molecule has 0 radical (unpaired) electrons. The van der Waals surface area contributed by atoms with Crippen molar-refractivity contribution in [2.45, 2.75) is 33.4 Å². The lowest BCUT2D eigenvalue weighted by Gasteiger charge is -2.27. The van der Waals surface area contributed by atoms with E-state index in [0.717, 1.165) is 4.90 Å². The summed E-state index contributed by atoms with van der Waals surface area (Å²) in [6, 6.07) is -0.644. The van der Waals surface area contributed by atoms with Crippen molar-refractivity contribution in [2.75, 3.05) is 19.6 Å². The third kappa shape index (κ3) is 3.59. The minimum Gasteiger partial charge on any atom is -0.481 e. The van der Waals surface area contributed by atoms with Gasteiger partial charge in [-0.2, -0.15) is 13.2 Å². The van der Waals surface area contributed by atoms with Gasteiger partial charge in [0, 0.05) is 19.6 Å². The molecule has 0 bridgehead atoms. The fraction of sp³-hybridized carbons (Fsp3) is 0.846. The van der Waals surface area contributed by atoms with E-state index in [1.807, 2.05) is 20.8 Å². The van der Waals surface area contributed by atoms with E-state index in [0.29, 0.717) is 12.5 Å². The largest absolute Gasteiger partial charge is 0.481 e. The summed E-state index contributed by atoms with van der Waals surface area (Å²) in [6.07, 6.45) is -5.49. The van der Waals surface area contributed by atoms with E-state index in [4.69, 9.17) is 5.11 Å². The lowest BCUT2D eigenvalue weighted by Crippen LogP contribution is -2.49. The molecule has 0 aromatic carbocycles. The number of alkyl halides is 3. The second kappa shape index (κ2) is 6.11. The van der Waals surface area contributed by atoms with Crippen molar-refractivity contribution in [3.8, 4) is 0 Å². The average Bonchev–Trinajstić information content (AvgIpc) is 2.81. The Morgan fingerprint density at radius 2 is 1.90 bits per heavy atom. The molecule has 0 aliphatic carbocycles. The molecule has 1 aliphatic rings. The number of nitrogens with one attached hydrogen (secondary N) is 1. The molecule has 0 aromatic heterocycles. The van der Waals surface area contributed by atoms with Crippen LogP contribution in [-0.2, 0) is 4.79 Å². The SMILES string of the molecule is CC(C)C(C)CNC(=O)N1CCC(C(=O)O)(C(F)(F)F)C1. The molecule has 1 rings (SSSR count). The molecule has 2 N–H and O–H groups in total. The zero-order chi connectivity index (χ0) is 16.4. The maximum absolute atomic E-state index is 13.0. The monoisotopic (exact) mass is 310 g/mol. The van der Waals surface area contributed by atoms with Crippen molar-refractivity contribution < 1.29 is 27.9 Å². The van der Waals surface area contributed by atoms with Crippen molar-refractivity contribution in [3.05, 3.63) is 0 Å². The number of carbonyl (C=O) groups is 2. The Balaban J connectivity index is 2.68. The van der Waals surface area contributed by atoms with Gasteiger partial charge in [0.05, 0.1) is 0 Å². The zero-order valence-corrected chi connectivity index (χ0v) is 12.3. The standard InChI is InChI=1S/C13H21F3N2O3/c1-8(2)9(3)6-17-11(21)18-5-4-12(7-18,10(19)20)13(14,15)16/h8-9H,4-7H2,1-3H3,(H,17,21)(H,19,20). The quantitative estimate of drug-likeness (QED) is 0.837. The molecule has 8 heteroatoms. The number of carboxylic acid groups (broad SMARTS) is 1. The van der Waals surface area contributed by atoms with Gasteiger partial charge in [-0.1, -0.05) is 20.8 Å². The van der Waals surface area contributed by atoms with Crippen LogP contribution in [-0.4, -0.2) is 47.8 Å². The Morgan fingerprint density at radius 1 is 1.33 bits per heavy atom. The van der Waals surface area contributed by atoms with E-state index >= 15 is 0 Å². The summed E-state index contributed by atoms with van der Waals surface area (Å²) >= 11 is 0. The van der Waals surface area contributed by atoms with Gasteiger partial charge in [-0.25, -0.2) is 4.79 Å². The minimum atomic E-state index is -4.88. The van der Waals surface area contributed by atoms with Crippen LogP contribution in [0.15, 0.2) is 0 Å². The highest BCUT2D eigenvalue weighted by atomic mass is 19.4. The predicted molar refractivity (Wildman–Crippen MR) is 69.7 cm³/mol. The van der Waals surface area contributed by atoms with Crippen LogP contribution in [0.4, 0.5) is 18.0 Å². The second-order valence-electron chi connectivity index (χ2n) is 5.96. The van der Waals surface area contributed by atoms with Gasteiger partial charge in [-0.15, -0.1) is 0 Å². The van der Waals surface area contributed by atoms with Crippen LogP contribution >= 0.6 is 0 Å². The van der Waals surface area contributed by atoms with Gasteiger partial charge in [-0.05, 0) is 18.3 Å². The van der Waals surface area contributed by atoms with Gasteiger partial charge in [0.25, 0.3) is 0 Å². The van der Waals surface area contributed by atoms with Crippen molar-refractivity contribution in [1.29, 1.82) is 0 Å². The van der Waals surface area contributed by atoms with E-state index in [2.05, 4.69) is 5.32 Å². The Morgan fingerprint density at radius 3 is 2.29 bits per heavy atom. The van der Waals surface area contributed by atoms with Gasteiger partial charge in [0.2, 0.25) is 0 Å². The second-order valence-corrected chi connectivity index (χ2v) is 5.96. The first-order valence-electron chi connectivity index (χ1n) is 6.84. The molecule has 1 saturated heterocycles. The van der Waals surface area contributed by atoms with E-state index in [9.17, 15) is 22.8 Å². The number of hydrogen-bond acceptors (Lipinski definition) is 2. The highest BCUT2D eigenvalue weighted by Crippen LogP contribution is 2.45. The Labute approximate surface area is 121 Å². The van der Waals surface area contributed by atoms with Gasteiger partial charge < -0.3 is 15.3 Å². The number of urea groups is 1. The van der Waals surface area contributed by atoms with Gasteiger partial charge in [0.1, 0.15) is 0 Å². The summed E-state index contributed by atoms with van der Waals surface area (Å²) in [7, 11) is 0. The van der Waals surface area contributed by atoms with Crippen LogP contribution in [0.25, 0.3) is 0 Å². The molecular formula is C13H21F3N2O3. The highest BCUT2D eigenvalue weighted by Gasteiger charge is 2.64. The molecule has 0 spiro atoms. The molecule has 5 nitrogen and oxygen atoms in total. The predicted octanol–water partition coefficient (Wildman–Crippen LogP) is 2.33. The number of hydrogen-bond donors (Lipinski definition) is 2. The summed E-state index contributed by atoms with van der Waals surface area (Å²) in [5.41, 5.74) is -2.85. The first-order valence-corrected chi connectivity index (χ1v) is 6.84. The Hall–Kier alpha value is -1.47. The number of halogens is 3. The third-order valence-electron chi connectivity index (χ3n) is 4.22. The maximum Gasteiger partial charge on any atom is 0.406 e. The van der Waals surface area contributed by atoms with Crippen molar-refractivity contribution >= 4 is 12.0 Å². The van der Waals surface area contributed by atoms with Crippen LogP contribution in [0.5, 0.6) is 0 Å². The number of rotatable bonds is 4. The maximum atomic E-state index is 13.0. The van der Waals surface area contributed by atoms with Crippen molar-refractivity contribution in [1.82, 2.24) is 10.2 Å². The molecule has 0 saturated carbocycles. The van der Waals surface area contributed by atoms with Crippen LogP contribution in [0.1, 0.15) is 27.2 Å². The summed E-state index contributed by atoms with van der Waals surface area (Å²) in [6.45, 7) is 5.17. The smallest absolute Gasteiger partial charge is 0.406 e. The molecule has 2 atom stereocenters. The van der Waals surface area contributed by atoms with Gasteiger partial charge in [0.15, 0.2) is 5.41 Å². The van der Waals surface area contributed by atoms with E-state index in [-0.39, 0.29) is 12.5 Å². The lowest BCUT2D eigenvalue weighted by molar-refractivity contribution is -0.226. The first kappa shape index (κ1) is 17.6. The highest BCUT2D eigenvalue weighted by molar-refractivity contribution is 5.80. The van der Waals surface area contributed by atoms with Crippen LogP contribution in [0, 0.1) is 17.3 Å². The Kier molecular flexibility index (Phi) is 5.11. The zero-order valence-electron chi connectivity index (χ0n) is 12.3. The van der Waals surface area contributed by atoms with Crippen molar-refractivity contribution in [3.63, 3.8) is 0 Å². The number of carbonyl (C=O) groups excluding carboxylic acids is 1. The van der Waals surface area contributed by atoms with Crippen LogP contribution < -0.4 is 5.32 Å². The number of amides is 2. The fourth-order valence-corrected chi connectivity index (χ4v) is 2.11. The minimum absolute atomic E-state index is 0.184. The van der Waals surface area contributed by atoms with Crippen LogP contribution in [0.3, 0.4) is 0 Å². The number of carboxylic acids is 1. The summed E-state index contributed by atoms with van der Waals surface area (Å²) in [5, 5.41) is 11.5. The third-order valence-corrected chi connectivity index (χ3v) is 4.22. The molecule has 2 unspecified atom stereocenters. The fourth-order valence-electron chi connectivity index (χ4n) is 2.11. The molecule has 122 valence electrons. The number of likely N-dealkylation sites (tertiary alicyclic amines) is 1. The normalized spacial score (nSPS) is 24.2. The summed E-state index contributed by atoms with van der Waals surface area (Å²) in [4.78, 5) is 23.8. The Bertz CT molecular complexity index is 412. The lowest BCUT2D eigenvalue weighted by atomic mass is 9.86. The topological polar surface area (TPSA) is 69.6 Å². The van der Waals surface area contributed by atoms with E-state index in [1.165, 1.54) is 0 Å². The van der Waals surface area contributed by atoms with E-state index < -0.39 is 36.6 Å². The molecule has 1 heterocycles. The molecule has 0 aromatic rings. The van der Waals surface area contributed by atoms with Crippen molar-refractivity contribution in [2.24, 2.45) is 17.3 Å². The van der Waals surface area contributed by atoms with Gasteiger partial charge in [-0.3, -0.25) is 4.79 Å². The summed E-state index contributed by atoms with van der Waals surface area (Å²) in [5.74, 6) is -1.42. The summed E-state index contributed by atoms with van der Waals surface area (Å²) < 4.78 is 39.0. The average molecular weight is 310 g/mol. The first-order chi connectivity index (χ1) is 9.51. The van der Waals surface area contributed by atoms with Gasteiger partial charge >= 0.3 is 18.2 Å². The molecular weight excluding hydrogens is 289 g/mol.